The lowest BCUT2D eigenvalue weighted by atomic mass is 9.98. The Hall–Kier alpha value is -1.30. The van der Waals surface area contributed by atoms with Crippen molar-refractivity contribution >= 4 is 11.3 Å². The van der Waals surface area contributed by atoms with E-state index in [1.807, 2.05) is 16.8 Å². The van der Waals surface area contributed by atoms with Crippen molar-refractivity contribution in [2.75, 3.05) is 26.2 Å². The van der Waals surface area contributed by atoms with Gasteiger partial charge in [0.2, 0.25) is 0 Å². The number of nitrogens with one attached hydrogen (secondary N) is 1. The maximum atomic E-state index is 14.2. The third kappa shape index (κ3) is 2.61. The molecule has 0 unspecified atom stereocenters. The summed E-state index contributed by atoms with van der Waals surface area (Å²) >= 11 is 1.58. The Bertz CT molecular complexity index is 565. The first-order valence-electron chi connectivity index (χ1n) is 6.68. The summed E-state index contributed by atoms with van der Waals surface area (Å²) in [7, 11) is 0. The van der Waals surface area contributed by atoms with Crippen LogP contribution in [-0.2, 0) is 0 Å². The molecule has 0 amide bonds. The van der Waals surface area contributed by atoms with Crippen LogP contribution in [0.2, 0.25) is 0 Å². The number of thiophene rings is 1. The van der Waals surface area contributed by atoms with E-state index in [2.05, 4.69) is 10.2 Å². The van der Waals surface area contributed by atoms with Gasteiger partial charge in [0.15, 0.2) is 11.6 Å². The van der Waals surface area contributed by atoms with Crippen LogP contribution in [0, 0.1) is 11.6 Å². The summed E-state index contributed by atoms with van der Waals surface area (Å²) in [6, 6.07) is 6.21. The highest BCUT2D eigenvalue weighted by atomic mass is 32.1. The summed E-state index contributed by atoms with van der Waals surface area (Å²) in [6.45, 7) is 3.40. The summed E-state index contributed by atoms with van der Waals surface area (Å²) in [5.41, 5.74) is 1.45. The summed E-state index contributed by atoms with van der Waals surface area (Å²) in [5.74, 6) is -1.51. The predicted octanol–water partition coefficient (Wildman–Crippen LogP) is 3.02. The predicted molar refractivity (Wildman–Crippen MR) is 77.0 cm³/mol. The summed E-state index contributed by atoms with van der Waals surface area (Å²) in [5, 5.41) is 7.27. The van der Waals surface area contributed by atoms with E-state index in [4.69, 9.17) is 0 Å². The monoisotopic (exact) mass is 294 g/mol. The van der Waals surface area contributed by atoms with E-state index in [1.165, 1.54) is 6.07 Å². The molecule has 1 atom stereocenters. The van der Waals surface area contributed by atoms with Gasteiger partial charge in [-0.3, -0.25) is 4.90 Å². The summed E-state index contributed by atoms with van der Waals surface area (Å²) in [4.78, 5) is 2.20. The molecular weight excluding hydrogens is 278 g/mol. The zero-order valence-corrected chi connectivity index (χ0v) is 11.8. The highest BCUT2D eigenvalue weighted by Gasteiger charge is 2.27. The van der Waals surface area contributed by atoms with Crippen molar-refractivity contribution in [1.29, 1.82) is 0 Å². The Morgan fingerprint density at radius 3 is 2.65 bits per heavy atom. The zero-order valence-electron chi connectivity index (χ0n) is 11.0. The molecule has 1 fully saturated rings. The standard InChI is InChI=1S/C15H16F2N2S/c16-13-3-1-2-12(14(13)17)15(11-4-9-20-10-11)19-7-5-18-6-8-19/h1-4,9-10,15,18H,5-8H2/t15-/m1/s1. The van der Waals surface area contributed by atoms with E-state index in [0.29, 0.717) is 5.56 Å². The first-order valence-corrected chi connectivity index (χ1v) is 7.62. The van der Waals surface area contributed by atoms with Crippen LogP contribution in [0.1, 0.15) is 17.2 Å². The fourth-order valence-corrected chi connectivity index (χ4v) is 3.37. The van der Waals surface area contributed by atoms with Gasteiger partial charge in [-0.1, -0.05) is 12.1 Å². The molecule has 0 spiro atoms. The molecule has 0 radical (unpaired) electrons. The van der Waals surface area contributed by atoms with Crippen molar-refractivity contribution in [2.45, 2.75) is 6.04 Å². The van der Waals surface area contributed by atoms with Gasteiger partial charge in [-0.05, 0) is 28.5 Å². The molecule has 20 heavy (non-hydrogen) atoms. The first-order chi connectivity index (χ1) is 9.77. The van der Waals surface area contributed by atoms with Crippen molar-refractivity contribution < 1.29 is 8.78 Å². The van der Waals surface area contributed by atoms with Crippen LogP contribution in [-0.4, -0.2) is 31.1 Å². The van der Waals surface area contributed by atoms with E-state index in [9.17, 15) is 8.78 Å². The Morgan fingerprint density at radius 2 is 1.95 bits per heavy atom. The van der Waals surface area contributed by atoms with Gasteiger partial charge in [-0.15, -0.1) is 0 Å². The van der Waals surface area contributed by atoms with Gasteiger partial charge in [-0.25, -0.2) is 8.78 Å². The number of halogens is 2. The number of hydrogen-bond donors (Lipinski definition) is 1. The SMILES string of the molecule is Fc1cccc([C@@H](c2ccsc2)N2CCNCC2)c1F. The van der Waals surface area contributed by atoms with Crippen LogP contribution in [0.15, 0.2) is 35.0 Å². The largest absolute Gasteiger partial charge is 0.314 e. The topological polar surface area (TPSA) is 15.3 Å². The van der Waals surface area contributed by atoms with Crippen molar-refractivity contribution in [1.82, 2.24) is 10.2 Å². The second-order valence-electron chi connectivity index (χ2n) is 4.89. The minimum Gasteiger partial charge on any atom is -0.314 e. The number of rotatable bonds is 3. The molecule has 0 saturated carbocycles. The van der Waals surface area contributed by atoms with Crippen LogP contribution in [0.25, 0.3) is 0 Å². The smallest absolute Gasteiger partial charge is 0.163 e. The second kappa shape index (κ2) is 5.99. The molecule has 1 saturated heterocycles. The third-order valence-electron chi connectivity index (χ3n) is 3.65. The highest BCUT2D eigenvalue weighted by Crippen LogP contribution is 2.32. The summed E-state index contributed by atoms with van der Waals surface area (Å²) < 4.78 is 27.7. The maximum Gasteiger partial charge on any atom is 0.163 e. The Balaban J connectivity index is 2.03. The van der Waals surface area contributed by atoms with Gasteiger partial charge in [0.05, 0.1) is 6.04 Å². The quantitative estimate of drug-likeness (QED) is 0.936. The molecule has 1 aromatic heterocycles. The molecule has 1 aromatic carbocycles. The fourth-order valence-electron chi connectivity index (χ4n) is 2.69. The average molecular weight is 294 g/mol. The molecule has 2 heterocycles. The molecule has 2 nitrogen and oxygen atoms in total. The van der Waals surface area contributed by atoms with Gasteiger partial charge < -0.3 is 5.32 Å². The lowest BCUT2D eigenvalue weighted by molar-refractivity contribution is 0.195. The van der Waals surface area contributed by atoms with Crippen molar-refractivity contribution in [2.24, 2.45) is 0 Å². The number of benzene rings is 1. The van der Waals surface area contributed by atoms with Gasteiger partial charge in [-0.2, -0.15) is 11.3 Å². The molecular formula is C15H16F2N2S. The van der Waals surface area contributed by atoms with Crippen LogP contribution in [0.5, 0.6) is 0 Å². The number of nitrogens with zero attached hydrogens (tertiary/aromatic N) is 1. The molecule has 0 aliphatic carbocycles. The van der Waals surface area contributed by atoms with E-state index in [0.717, 1.165) is 31.7 Å². The van der Waals surface area contributed by atoms with E-state index in [-0.39, 0.29) is 6.04 Å². The van der Waals surface area contributed by atoms with E-state index in [1.54, 1.807) is 23.5 Å². The third-order valence-corrected chi connectivity index (χ3v) is 4.35. The molecule has 3 rings (SSSR count). The highest BCUT2D eigenvalue weighted by molar-refractivity contribution is 7.08. The number of hydrogen-bond acceptors (Lipinski definition) is 3. The molecule has 106 valence electrons. The van der Waals surface area contributed by atoms with E-state index >= 15 is 0 Å². The van der Waals surface area contributed by atoms with Crippen molar-refractivity contribution in [3.8, 4) is 0 Å². The normalized spacial score (nSPS) is 18.1. The number of piperazine rings is 1. The van der Waals surface area contributed by atoms with Crippen molar-refractivity contribution in [3.05, 3.63) is 57.8 Å². The zero-order chi connectivity index (χ0) is 13.9. The maximum absolute atomic E-state index is 14.2. The Morgan fingerprint density at radius 1 is 1.15 bits per heavy atom. The molecule has 5 heteroatoms. The molecule has 2 aromatic rings. The van der Waals surface area contributed by atoms with Crippen LogP contribution in [0.3, 0.4) is 0 Å². The molecule has 0 bridgehead atoms. The van der Waals surface area contributed by atoms with Gasteiger partial charge in [0.1, 0.15) is 0 Å². The van der Waals surface area contributed by atoms with Gasteiger partial charge >= 0.3 is 0 Å². The second-order valence-corrected chi connectivity index (χ2v) is 5.67. The molecule has 1 N–H and O–H groups in total. The van der Waals surface area contributed by atoms with E-state index < -0.39 is 11.6 Å². The summed E-state index contributed by atoms with van der Waals surface area (Å²) in [6.07, 6.45) is 0. The Kier molecular flexibility index (Phi) is 4.10. The average Bonchev–Trinajstić information content (AvgIpc) is 2.99. The van der Waals surface area contributed by atoms with Gasteiger partial charge in [0.25, 0.3) is 0 Å². The minimum absolute atomic E-state index is 0.209. The molecule has 1 aliphatic rings. The minimum atomic E-state index is -0.780. The van der Waals surface area contributed by atoms with Crippen LogP contribution in [0.4, 0.5) is 8.78 Å². The first kappa shape index (κ1) is 13.7. The molecule has 1 aliphatic heterocycles. The Labute approximate surface area is 121 Å². The van der Waals surface area contributed by atoms with Crippen molar-refractivity contribution in [3.63, 3.8) is 0 Å². The van der Waals surface area contributed by atoms with Gasteiger partial charge in [0, 0.05) is 31.7 Å². The fraction of sp³-hybridized carbons (Fsp3) is 0.333. The lowest BCUT2D eigenvalue weighted by Crippen LogP contribution is -2.45. The van der Waals surface area contributed by atoms with Crippen LogP contribution < -0.4 is 5.32 Å². The lowest BCUT2D eigenvalue weighted by Gasteiger charge is -2.35. The van der Waals surface area contributed by atoms with Crippen LogP contribution >= 0.6 is 11.3 Å².